The molecule has 2 N–H and O–H groups in total. The molecule has 0 unspecified atom stereocenters. The number of oxazole rings is 1. The number of benzene rings is 2. The average Bonchev–Trinajstić information content (AvgIpc) is 3.31. The van der Waals surface area contributed by atoms with Gasteiger partial charge in [-0.1, -0.05) is 18.2 Å². The summed E-state index contributed by atoms with van der Waals surface area (Å²) in [6.45, 7) is -0.171. The number of thiazole rings is 1. The highest BCUT2D eigenvalue weighted by Crippen LogP contribution is 2.28. The van der Waals surface area contributed by atoms with Crippen molar-refractivity contribution in [3.8, 4) is 22.8 Å². The SMILES string of the molecule is COc1ccccc1OCC(=O)Nc1nc(-c2ccc3[nH]c(=O)oc3c2)cs1. The first-order valence-electron chi connectivity index (χ1n) is 8.27. The second-order valence-corrected chi connectivity index (χ2v) is 6.61. The minimum absolute atomic E-state index is 0.171. The predicted octanol–water partition coefficient (Wildman–Crippen LogP) is 3.27. The third-order valence-corrected chi connectivity index (χ3v) is 4.65. The number of hydrogen-bond donors (Lipinski definition) is 2. The molecule has 2 heterocycles. The fourth-order valence-electron chi connectivity index (χ4n) is 2.61. The van der Waals surface area contributed by atoms with Crippen molar-refractivity contribution in [2.75, 3.05) is 19.0 Å². The van der Waals surface area contributed by atoms with E-state index >= 15 is 0 Å². The Bertz CT molecular complexity index is 1190. The molecule has 0 fully saturated rings. The van der Waals surface area contributed by atoms with E-state index in [4.69, 9.17) is 13.9 Å². The molecule has 2 aromatic heterocycles. The van der Waals surface area contributed by atoms with E-state index in [1.54, 1.807) is 30.3 Å². The molecule has 0 aliphatic heterocycles. The summed E-state index contributed by atoms with van der Waals surface area (Å²) in [4.78, 5) is 30.4. The third-order valence-electron chi connectivity index (χ3n) is 3.90. The number of nitrogens with zero attached hydrogens (tertiary/aromatic N) is 1. The van der Waals surface area contributed by atoms with Gasteiger partial charge < -0.3 is 13.9 Å². The monoisotopic (exact) mass is 397 g/mol. The summed E-state index contributed by atoms with van der Waals surface area (Å²) in [5.74, 6) is 0.201. The lowest BCUT2D eigenvalue weighted by molar-refractivity contribution is -0.118. The smallest absolute Gasteiger partial charge is 0.417 e. The molecule has 2 aromatic carbocycles. The Hall–Kier alpha value is -3.59. The number of para-hydroxylation sites is 2. The Balaban J connectivity index is 1.42. The number of hydrogen-bond acceptors (Lipinski definition) is 7. The summed E-state index contributed by atoms with van der Waals surface area (Å²) < 4.78 is 15.7. The van der Waals surface area contributed by atoms with E-state index in [1.165, 1.54) is 18.4 Å². The van der Waals surface area contributed by atoms with Gasteiger partial charge in [0, 0.05) is 10.9 Å². The predicted molar refractivity (Wildman–Crippen MR) is 105 cm³/mol. The zero-order valence-corrected chi connectivity index (χ0v) is 15.5. The second-order valence-electron chi connectivity index (χ2n) is 5.75. The number of nitrogens with one attached hydrogen (secondary N) is 2. The Kier molecular flexibility index (Phi) is 4.81. The summed E-state index contributed by atoms with van der Waals surface area (Å²) >= 11 is 1.29. The van der Waals surface area contributed by atoms with Crippen LogP contribution in [-0.2, 0) is 4.79 Å². The molecule has 0 saturated heterocycles. The number of carbonyl (C=O) groups is 1. The summed E-state index contributed by atoms with van der Waals surface area (Å²) in [6.07, 6.45) is 0. The van der Waals surface area contributed by atoms with Gasteiger partial charge >= 0.3 is 5.76 Å². The normalized spacial score (nSPS) is 10.8. The molecular formula is C19H15N3O5S. The van der Waals surface area contributed by atoms with Crippen LogP contribution in [0.1, 0.15) is 0 Å². The fraction of sp³-hybridized carbons (Fsp3) is 0.105. The number of amides is 1. The number of anilines is 1. The molecule has 0 spiro atoms. The highest BCUT2D eigenvalue weighted by molar-refractivity contribution is 7.14. The molecule has 0 aliphatic carbocycles. The van der Waals surface area contributed by atoms with E-state index in [-0.39, 0.29) is 12.5 Å². The van der Waals surface area contributed by atoms with Gasteiger partial charge in [-0.3, -0.25) is 15.1 Å². The molecule has 28 heavy (non-hydrogen) atoms. The van der Waals surface area contributed by atoms with Gasteiger partial charge in [-0.05, 0) is 24.3 Å². The number of carbonyl (C=O) groups excluding carboxylic acids is 1. The summed E-state index contributed by atoms with van der Waals surface area (Å²) in [7, 11) is 1.54. The van der Waals surface area contributed by atoms with Crippen molar-refractivity contribution in [1.82, 2.24) is 9.97 Å². The van der Waals surface area contributed by atoms with Gasteiger partial charge in [-0.15, -0.1) is 11.3 Å². The van der Waals surface area contributed by atoms with Crippen molar-refractivity contribution < 1.29 is 18.7 Å². The number of H-pyrrole nitrogens is 1. The van der Waals surface area contributed by atoms with Crippen LogP contribution >= 0.6 is 11.3 Å². The molecule has 0 saturated carbocycles. The first-order valence-corrected chi connectivity index (χ1v) is 9.15. The quantitative estimate of drug-likeness (QED) is 0.517. The summed E-state index contributed by atoms with van der Waals surface area (Å²) in [6, 6.07) is 12.4. The Labute approximate surface area is 162 Å². The number of aromatic amines is 1. The lowest BCUT2D eigenvalue weighted by atomic mass is 10.1. The van der Waals surface area contributed by atoms with Gasteiger partial charge in [0.2, 0.25) is 0 Å². The van der Waals surface area contributed by atoms with Gasteiger partial charge in [0.15, 0.2) is 28.8 Å². The van der Waals surface area contributed by atoms with Crippen LogP contribution in [0.3, 0.4) is 0 Å². The average molecular weight is 397 g/mol. The van der Waals surface area contributed by atoms with E-state index < -0.39 is 5.76 Å². The van der Waals surface area contributed by atoms with Crippen LogP contribution in [0, 0.1) is 0 Å². The van der Waals surface area contributed by atoms with Gasteiger partial charge in [0.1, 0.15) is 0 Å². The van der Waals surface area contributed by atoms with Gasteiger partial charge in [-0.25, -0.2) is 9.78 Å². The minimum atomic E-state index is -0.506. The van der Waals surface area contributed by atoms with Crippen molar-refractivity contribution in [3.05, 3.63) is 58.4 Å². The summed E-state index contributed by atoms with van der Waals surface area (Å²) in [5, 5.41) is 4.96. The molecule has 9 heteroatoms. The summed E-state index contributed by atoms with van der Waals surface area (Å²) in [5.41, 5.74) is 2.51. The number of fused-ring (bicyclic) bond motifs is 1. The number of ether oxygens (including phenoxy) is 2. The van der Waals surface area contributed by atoms with Crippen LogP contribution in [0.25, 0.3) is 22.4 Å². The highest BCUT2D eigenvalue weighted by Gasteiger charge is 2.11. The van der Waals surface area contributed by atoms with Gasteiger partial charge in [0.25, 0.3) is 5.91 Å². The maximum absolute atomic E-state index is 12.1. The van der Waals surface area contributed by atoms with E-state index in [0.717, 1.165) is 5.56 Å². The molecule has 0 aliphatic rings. The fourth-order valence-corrected chi connectivity index (χ4v) is 3.34. The molecule has 142 valence electrons. The Morgan fingerprint density at radius 1 is 1.25 bits per heavy atom. The van der Waals surface area contributed by atoms with Crippen molar-refractivity contribution in [2.24, 2.45) is 0 Å². The second kappa shape index (κ2) is 7.57. The first kappa shape index (κ1) is 17.8. The lowest BCUT2D eigenvalue weighted by Crippen LogP contribution is -2.20. The molecule has 0 radical (unpaired) electrons. The van der Waals surface area contributed by atoms with E-state index in [0.29, 0.717) is 33.4 Å². The van der Waals surface area contributed by atoms with Crippen LogP contribution in [0.15, 0.2) is 57.1 Å². The van der Waals surface area contributed by atoms with E-state index in [9.17, 15) is 9.59 Å². The van der Waals surface area contributed by atoms with Gasteiger partial charge in [-0.2, -0.15) is 0 Å². The molecular weight excluding hydrogens is 382 g/mol. The molecule has 0 atom stereocenters. The standard InChI is InChI=1S/C19H15N3O5S/c1-25-14-4-2-3-5-15(14)26-9-17(23)22-18-20-13(10-28-18)11-6-7-12-16(8-11)27-19(24)21-12/h2-8,10H,9H2,1H3,(H,21,24)(H,20,22,23). The van der Waals surface area contributed by atoms with Crippen LogP contribution < -0.4 is 20.5 Å². The van der Waals surface area contributed by atoms with Gasteiger partial charge in [0.05, 0.1) is 18.3 Å². The van der Waals surface area contributed by atoms with Crippen molar-refractivity contribution in [2.45, 2.75) is 0 Å². The minimum Gasteiger partial charge on any atom is -0.493 e. The van der Waals surface area contributed by atoms with Crippen LogP contribution in [0.5, 0.6) is 11.5 Å². The largest absolute Gasteiger partial charge is 0.493 e. The third kappa shape index (κ3) is 3.74. The maximum Gasteiger partial charge on any atom is 0.417 e. The van der Waals surface area contributed by atoms with E-state index in [2.05, 4.69) is 15.3 Å². The molecule has 0 bridgehead atoms. The van der Waals surface area contributed by atoms with Crippen molar-refractivity contribution in [3.63, 3.8) is 0 Å². The van der Waals surface area contributed by atoms with Crippen molar-refractivity contribution >= 4 is 33.5 Å². The zero-order chi connectivity index (χ0) is 19.5. The highest BCUT2D eigenvalue weighted by atomic mass is 32.1. The Morgan fingerprint density at radius 3 is 2.89 bits per heavy atom. The lowest BCUT2D eigenvalue weighted by Gasteiger charge is -2.09. The van der Waals surface area contributed by atoms with Crippen LogP contribution in [0.4, 0.5) is 5.13 Å². The first-order chi connectivity index (χ1) is 13.6. The van der Waals surface area contributed by atoms with Crippen LogP contribution in [-0.4, -0.2) is 29.6 Å². The number of aromatic nitrogens is 2. The topological polar surface area (TPSA) is 106 Å². The number of methoxy groups -OCH3 is 1. The van der Waals surface area contributed by atoms with Crippen molar-refractivity contribution in [1.29, 1.82) is 0 Å². The molecule has 8 nitrogen and oxygen atoms in total. The molecule has 4 rings (SSSR count). The van der Waals surface area contributed by atoms with E-state index in [1.807, 2.05) is 17.5 Å². The maximum atomic E-state index is 12.1. The zero-order valence-electron chi connectivity index (χ0n) is 14.7. The van der Waals surface area contributed by atoms with Crippen LogP contribution in [0.2, 0.25) is 0 Å². The molecule has 1 amide bonds. The number of rotatable bonds is 6. The Morgan fingerprint density at radius 2 is 2.07 bits per heavy atom. The molecule has 4 aromatic rings.